The molecule has 0 unspecified atom stereocenters. The van der Waals surface area contributed by atoms with Crippen LogP contribution in [0.3, 0.4) is 0 Å². The SMILES string of the molecule is Cc1ccccc1-c1c(-c2ccccc2)[c]c(-c2cccc(C)c2C)c(-c2ccccc2)c1-c1ccccc1C. The van der Waals surface area contributed by atoms with Crippen molar-refractivity contribution in [2.45, 2.75) is 27.7 Å². The van der Waals surface area contributed by atoms with Crippen LogP contribution in [0.4, 0.5) is 0 Å². The molecule has 0 heterocycles. The van der Waals surface area contributed by atoms with Crippen molar-refractivity contribution in [3.8, 4) is 55.6 Å². The number of benzene rings is 6. The van der Waals surface area contributed by atoms with Crippen molar-refractivity contribution in [3.05, 3.63) is 156 Å². The fourth-order valence-corrected chi connectivity index (χ4v) is 5.81. The van der Waals surface area contributed by atoms with E-state index < -0.39 is 0 Å². The molecule has 0 aliphatic heterocycles. The van der Waals surface area contributed by atoms with Crippen molar-refractivity contribution >= 4 is 0 Å². The van der Waals surface area contributed by atoms with Gasteiger partial charge in [-0.25, -0.2) is 0 Å². The van der Waals surface area contributed by atoms with Crippen molar-refractivity contribution in [1.29, 1.82) is 0 Å². The molecule has 0 atom stereocenters. The highest BCUT2D eigenvalue weighted by Crippen LogP contribution is 2.51. The molecule has 6 aromatic carbocycles. The standard InChI is InChI=1S/C40H33/c1-27-18-15-25-35(30(27)4)37-26-36(31-19-7-5-8-20-31)39(33-23-13-11-16-28(33)2)40(34-24-14-12-17-29(34)3)38(37)32-21-9-6-10-22-32/h5-25H,1-4H3. The average Bonchev–Trinajstić information content (AvgIpc) is 2.99. The second-order valence-electron chi connectivity index (χ2n) is 10.6. The second kappa shape index (κ2) is 10.8. The van der Waals surface area contributed by atoms with Crippen molar-refractivity contribution in [2.75, 3.05) is 0 Å². The number of hydrogen-bond acceptors (Lipinski definition) is 0. The van der Waals surface area contributed by atoms with Crippen LogP contribution in [-0.2, 0) is 0 Å². The van der Waals surface area contributed by atoms with Crippen LogP contribution in [0.2, 0.25) is 0 Å². The van der Waals surface area contributed by atoms with Gasteiger partial charge in [0, 0.05) is 0 Å². The molecule has 0 aromatic heterocycles. The first kappa shape index (κ1) is 25.6. The Bertz CT molecular complexity index is 1810. The van der Waals surface area contributed by atoms with E-state index in [1.807, 2.05) is 0 Å². The van der Waals surface area contributed by atoms with Crippen LogP contribution in [0, 0.1) is 33.8 Å². The van der Waals surface area contributed by atoms with Crippen molar-refractivity contribution in [3.63, 3.8) is 0 Å². The summed E-state index contributed by atoms with van der Waals surface area (Å²) in [6.45, 7) is 8.87. The van der Waals surface area contributed by atoms with Crippen molar-refractivity contribution in [2.24, 2.45) is 0 Å². The van der Waals surface area contributed by atoms with Gasteiger partial charge in [0.25, 0.3) is 0 Å². The van der Waals surface area contributed by atoms with Gasteiger partial charge in [0.1, 0.15) is 0 Å². The number of rotatable bonds is 5. The van der Waals surface area contributed by atoms with Crippen LogP contribution in [0.5, 0.6) is 0 Å². The Labute approximate surface area is 238 Å². The van der Waals surface area contributed by atoms with Gasteiger partial charge in [-0.3, -0.25) is 0 Å². The smallest absolute Gasteiger partial charge is 0.0000830 e. The highest BCUT2D eigenvalue weighted by molar-refractivity contribution is 6.08. The van der Waals surface area contributed by atoms with Crippen LogP contribution in [-0.4, -0.2) is 0 Å². The quantitative estimate of drug-likeness (QED) is 0.215. The summed E-state index contributed by atoms with van der Waals surface area (Å²) in [5, 5.41) is 0. The molecule has 0 fully saturated rings. The maximum atomic E-state index is 4.04. The summed E-state index contributed by atoms with van der Waals surface area (Å²) < 4.78 is 0. The molecule has 0 saturated heterocycles. The molecule has 0 saturated carbocycles. The predicted molar refractivity (Wildman–Crippen MR) is 171 cm³/mol. The van der Waals surface area contributed by atoms with Crippen molar-refractivity contribution in [1.82, 2.24) is 0 Å². The summed E-state index contributed by atoms with van der Waals surface area (Å²) in [5.41, 5.74) is 17.1. The van der Waals surface area contributed by atoms with E-state index in [9.17, 15) is 0 Å². The number of hydrogen-bond donors (Lipinski definition) is 0. The second-order valence-corrected chi connectivity index (χ2v) is 10.6. The number of aryl methyl sites for hydroxylation is 3. The monoisotopic (exact) mass is 513 g/mol. The largest absolute Gasteiger partial charge is 0.0622 e. The summed E-state index contributed by atoms with van der Waals surface area (Å²) in [6, 6.07) is 49.8. The van der Waals surface area contributed by atoms with Gasteiger partial charge in [0.05, 0.1) is 0 Å². The van der Waals surface area contributed by atoms with Crippen LogP contribution in [0.15, 0.2) is 127 Å². The fourth-order valence-electron chi connectivity index (χ4n) is 5.81. The zero-order valence-electron chi connectivity index (χ0n) is 23.6. The summed E-state index contributed by atoms with van der Waals surface area (Å²) in [5.74, 6) is 0. The van der Waals surface area contributed by atoms with Crippen LogP contribution in [0.1, 0.15) is 22.3 Å². The van der Waals surface area contributed by atoms with E-state index in [4.69, 9.17) is 0 Å². The molecule has 6 aromatic rings. The first-order valence-corrected chi connectivity index (χ1v) is 14.0. The van der Waals surface area contributed by atoms with Gasteiger partial charge in [0.15, 0.2) is 0 Å². The third-order valence-electron chi connectivity index (χ3n) is 8.08. The third kappa shape index (κ3) is 4.56. The van der Waals surface area contributed by atoms with Crippen molar-refractivity contribution < 1.29 is 0 Å². The maximum absolute atomic E-state index is 4.04. The topological polar surface area (TPSA) is 0 Å². The molecule has 1 radical (unpaired) electrons. The molecular formula is C40H33. The summed E-state index contributed by atoms with van der Waals surface area (Å²) >= 11 is 0. The minimum atomic E-state index is 1.13. The molecule has 0 N–H and O–H groups in total. The molecule has 0 nitrogen and oxygen atoms in total. The maximum Gasteiger partial charge on any atom is -0.0000830 e. The van der Waals surface area contributed by atoms with E-state index in [1.165, 1.54) is 66.8 Å². The van der Waals surface area contributed by atoms with E-state index in [0.29, 0.717) is 0 Å². The van der Waals surface area contributed by atoms with E-state index in [-0.39, 0.29) is 0 Å². The molecule has 0 aliphatic carbocycles. The zero-order chi connectivity index (χ0) is 27.6. The first-order chi connectivity index (χ1) is 19.5. The van der Waals surface area contributed by atoms with E-state index in [0.717, 1.165) is 11.1 Å². The van der Waals surface area contributed by atoms with Crippen LogP contribution in [0.25, 0.3) is 55.6 Å². The Morgan fingerprint density at radius 2 is 0.825 bits per heavy atom. The third-order valence-corrected chi connectivity index (χ3v) is 8.08. The molecule has 0 aliphatic rings. The molecule has 193 valence electrons. The van der Waals surface area contributed by atoms with E-state index in [2.05, 4.69) is 161 Å². The molecule has 0 amide bonds. The lowest BCUT2D eigenvalue weighted by atomic mass is 9.77. The van der Waals surface area contributed by atoms with Gasteiger partial charge in [-0.1, -0.05) is 127 Å². The Balaban J connectivity index is 1.91. The Morgan fingerprint density at radius 1 is 0.350 bits per heavy atom. The lowest BCUT2D eigenvalue weighted by Crippen LogP contribution is -2.01. The summed E-state index contributed by atoms with van der Waals surface area (Å²) in [7, 11) is 0. The molecule has 0 spiro atoms. The molecule has 40 heavy (non-hydrogen) atoms. The van der Waals surface area contributed by atoms with Crippen LogP contribution >= 0.6 is 0 Å². The Kier molecular flexibility index (Phi) is 6.93. The lowest BCUT2D eigenvalue weighted by Gasteiger charge is -2.26. The summed E-state index contributed by atoms with van der Waals surface area (Å²) in [6.07, 6.45) is 0. The van der Waals surface area contributed by atoms with Gasteiger partial charge >= 0.3 is 0 Å². The van der Waals surface area contributed by atoms with Gasteiger partial charge in [-0.15, -0.1) is 0 Å². The predicted octanol–water partition coefficient (Wildman–Crippen LogP) is 11.1. The molecule has 0 bridgehead atoms. The minimum Gasteiger partial charge on any atom is -0.0622 e. The highest BCUT2D eigenvalue weighted by Gasteiger charge is 2.26. The minimum absolute atomic E-state index is 1.13. The normalized spacial score (nSPS) is 11.0. The fraction of sp³-hybridized carbons (Fsp3) is 0.100. The van der Waals surface area contributed by atoms with Gasteiger partial charge in [0.2, 0.25) is 0 Å². The molecule has 6 rings (SSSR count). The molecule has 0 heteroatoms. The average molecular weight is 514 g/mol. The van der Waals surface area contributed by atoms with E-state index in [1.54, 1.807) is 0 Å². The molecular weight excluding hydrogens is 480 g/mol. The van der Waals surface area contributed by atoms with Gasteiger partial charge < -0.3 is 0 Å². The first-order valence-electron chi connectivity index (χ1n) is 14.0. The van der Waals surface area contributed by atoms with E-state index >= 15 is 0 Å². The van der Waals surface area contributed by atoms with Gasteiger partial charge in [-0.2, -0.15) is 0 Å². The van der Waals surface area contributed by atoms with Crippen LogP contribution < -0.4 is 0 Å². The highest BCUT2D eigenvalue weighted by atomic mass is 14.3. The zero-order valence-corrected chi connectivity index (χ0v) is 23.6. The Morgan fingerprint density at radius 3 is 1.43 bits per heavy atom. The lowest BCUT2D eigenvalue weighted by molar-refractivity contribution is 1.34. The van der Waals surface area contributed by atoms with Gasteiger partial charge in [-0.05, 0) is 112 Å². The summed E-state index contributed by atoms with van der Waals surface area (Å²) in [4.78, 5) is 0. The Hall–Kier alpha value is -4.68.